The van der Waals surface area contributed by atoms with E-state index in [1.54, 1.807) is 12.4 Å². The molecule has 2 aliphatic rings. The van der Waals surface area contributed by atoms with E-state index in [-0.39, 0.29) is 6.04 Å². The van der Waals surface area contributed by atoms with Gasteiger partial charge in [-0.1, -0.05) is 11.8 Å². The summed E-state index contributed by atoms with van der Waals surface area (Å²) in [6.07, 6.45) is 11.1. The molecule has 2 aliphatic heterocycles. The van der Waals surface area contributed by atoms with E-state index < -0.39 is 0 Å². The van der Waals surface area contributed by atoms with E-state index in [0.717, 1.165) is 43.9 Å². The zero-order valence-electron chi connectivity index (χ0n) is 15.0. The van der Waals surface area contributed by atoms with E-state index in [4.69, 9.17) is 11.7 Å². The molecule has 0 aliphatic carbocycles. The summed E-state index contributed by atoms with van der Waals surface area (Å²) in [7, 11) is 0. The Morgan fingerprint density at radius 2 is 1.81 bits per heavy atom. The van der Waals surface area contributed by atoms with Crippen LogP contribution in [0.1, 0.15) is 29.7 Å². The lowest BCUT2D eigenvalue weighted by molar-refractivity contribution is 0.202. The summed E-state index contributed by atoms with van der Waals surface area (Å²) in [6.45, 7) is 2.72. The van der Waals surface area contributed by atoms with Crippen molar-refractivity contribution >= 4 is 5.82 Å². The lowest BCUT2D eigenvalue weighted by Gasteiger charge is -2.39. The zero-order valence-corrected chi connectivity index (χ0v) is 15.0. The lowest BCUT2D eigenvalue weighted by atomic mass is 10.1. The molecule has 5 nitrogen and oxygen atoms in total. The number of aromatic nitrogens is 2. The van der Waals surface area contributed by atoms with Crippen molar-refractivity contribution in [1.82, 2.24) is 14.9 Å². The van der Waals surface area contributed by atoms with Crippen molar-refractivity contribution in [2.24, 2.45) is 0 Å². The van der Waals surface area contributed by atoms with E-state index in [1.807, 2.05) is 24.3 Å². The number of rotatable bonds is 1. The van der Waals surface area contributed by atoms with Gasteiger partial charge in [-0.05, 0) is 43.0 Å². The molecule has 1 aromatic carbocycles. The first-order valence-corrected chi connectivity index (χ1v) is 9.08. The van der Waals surface area contributed by atoms with Crippen molar-refractivity contribution in [2.45, 2.75) is 24.9 Å². The van der Waals surface area contributed by atoms with Gasteiger partial charge in [0, 0.05) is 43.6 Å². The normalized spacial score (nSPS) is 21.5. The monoisotopic (exact) mass is 353 g/mol. The minimum atomic E-state index is 0.279. The first-order valence-electron chi connectivity index (χ1n) is 9.08. The number of anilines is 1. The molecular formula is C22H19N5. The number of fused-ring (bicyclic) bond motifs is 1. The van der Waals surface area contributed by atoms with Crippen LogP contribution in [0.15, 0.2) is 36.7 Å². The Morgan fingerprint density at radius 1 is 1.04 bits per heavy atom. The van der Waals surface area contributed by atoms with Crippen molar-refractivity contribution < 1.29 is 0 Å². The van der Waals surface area contributed by atoms with Gasteiger partial charge in [0.25, 0.3) is 0 Å². The third-order valence-electron chi connectivity index (χ3n) is 5.21. The van der Waals surface area contributed by atoms with Gasteiger partial charge >= 0.3 is 0 Å². The Kier molecular flexibility index (Phi) is 4.75. The van der Waals surface area contributed by atoms with Crippen molar-refractivity contribution in [3.63, 3.8) is 0 Å². The molecule has 132 valence electrons. The number of nitriles is 1. The first kappa shape index (κ1) is 17.1. The summed E-state index contributed by atoms with van der Waals surface area (Å²) >= 11 is 0. The molecule has 0 N–H and O–H groups in total. The van der Waals surface area contributed by atoms with Crippen molar-refractivity contribution in [3.05, 3.63) is 53.5 Å². The number of piperazine rings is 1. The van der Waals surface area contributed by atoms with Crippen LogP contribution in [-0.4, -0.2) is 46.6 Å². The highest BCUT2D eigenvalue weighted by Gasteiger charge is 2.37. The van der Waals surface area contributed by atoms with E-state index in [0.29, 0.717) is 17.3 Å². The Balaban J connectivity index is 1.45. The zero-order chi connectivity index (χ0) is 18.6. The highest BCUT2D eigenvalue weighted by molar-refractivity contribution is 5.51. The quantitative estimate of drug-likeness (QED) is 0.735. The molecule has 3 heterocycles. The number of terminal acetylenes is 1. The van der Waals surface area contributed by atoms with Crippen LogP contribution in [0.2, 0.25) is 0 Å². The van der Waals surface area contributed by atoms with Gasteiger partial charge in [-0.2, -0.15) is 5.26 Å². The fraction of sp³-hybridized carbons (Fsp3) is 0.318. The Labute approximate surface area is 159 Å². The van der Waals surface area contributed by atoms with Gasteiger partial charge in [-0.3, -0.25) is 4.90 Å². The van der Waals surface area contributed by atoms with E-state index >= 15 is 0 Å². The molecule has 0 bridgehead atoms. The highest BCUT2D eigenvalue weighted by Crippen LogP contribution is 2.29. The van der Waals surface area contributed by atoms with Gasteiger partial charge in [0.15, 0.2) is 11.5 Å². The maximum atomic E-state index is 8.88. The van der Waals surface area contributed by atoms with Gasteiger partial charge in [-0.15, -0.1) is 6.42 Å². The largest absolute Gasteiger partial charge is 0.351 e. The second-order valence-electron chi connectivity index (χ2n) is 6.76. The van der Waals surface area contributed by atoms with E-state index in [2.05, 4.69) is 43.6 Å². The molecule has 5 heteroatoms. The molecule has 0 unspecified atom stereocenters. The first-order chi connectivity index (χ1) is 13.3. The van der Waals surface area contributed by atoms with Crippen LogP contribution >= 0.6 is 0 Å². The highest BCUT2D eigenvalue weighted by atomic mass is 15.3. The molecule has 1 aromatic heterocycles. The third-order valence-corrected chi connectivity index (χ3v) is 5.21. The van der Waals surface area contributed by atoms with Crippen LogP contribution < -0.4 is 4.90 Å². The average molecular weight is 353 g/mol. The van der Waals surface area contributed by atoms with Crippen LogP contribution in [0.25, 0.3) is 0 Å². The molecule has 2 saturated heterocycles. The van der Waals surface area contributed by atoms with Crippen LogP contribution in [0.4, 0.5) is 5.82 Å². The minimum Gasteiger partial charge on any atom is -0.351 e. The molecular weight excluding hydrogens is 334 g/mol. The van der Waals surface area contributed by atoms with Crippen LogP contribution in [0, 0.1) is 35.5 Å². The second kappa shape index (κ2) is 7.50. The molecule has 0 saturated carbocycles. The molecule has 0 radical (unpaired) electrons. The third kappa shape index (κ3) is 3.49. The van der Waals surface area contributed by atoms with Gasteiger partial charge < -0.3 is 4.90 Å². The molecule has 2 fully saturated rings. The van der Waals surface area contributed by atoms with Gasteiger partial charge in [-0.25, -0.2) is 9.97 Å². The average Bonchev–Trinajstić information content (AvgIpc) is 3.14. The Morgan fingerprint density at radius 3 is 2.59 bits per heavy atom. The maximum Gasteiger partial charge on any atom is 0.163 e. The van der Waals surface area contributed by atoms with Crippen LogP contribution in [0.3, 0.4) is 0 Å². The minimum absolute atomic E-state index is 0.279. The van der Waals surface area contributed by atoms with Crippen LogP contribution in [-0.2, 0) is 0 Å². The standard InChI is InChI=1S/C22H19N5/c1-2-21-22(25-12-11-24-21)26-13-14-27-19(9-10-20(27)16-26)8-7-17-3-5-18(15-23)6-4-17/h1,3-6,11-12,19-20H,9-10,13-14,16H2/t19-,20-/m0/s1. The second-order valence-corrected chi connectivity index (χ2v) is 6.76. The number of nitrogens with zero attached hydrogens (tertiary/aromatic N) is 5. The van der Waals surface area contributed by atoms with Crippen molar-refractivity contribution in [3.8, 4) is 30.3 Å². The fourth-order valence-corrected chi connectivity index (χ4v) is 3.86. The lowest BCUT2D eigenvalue weighted by Crippen LogP contribution is -2.52. The van der Waals surface area contributed by atoms with Crippen molar-refractivity contribution in [2.75, 3.05) is 24.5 Å². The molecule has 2 atom stereocenters. The fourth-order valence-electron chi connectivity index (χ4n) is 3.86. The predicted octanol–water partition coefficient (Wildman–Crippen LogP) is 2.03. The summed E-state index contributed by atoms with van der Waals surface area (Å²) in [6, 6.07) is 10.3. The topological polar surface area (TPSA) is 56.1 Å². The summed E-state index contributed by atoms with van der Waals surface area (Å²) in [5.41, 5.74) is 2.23. The summed E-state index contributed by atoms with van der Waals surface area (Å²) < 4.78 is 0. The summed E-state index contributed by atoms with van der Waals surface area (Å²) in [4.78, 5) is 13.4. The number of benzene rings is 1. The van der Waals surface area contributed by atoms with Crippen molar-refractivity contribution in [1.29, 1.82) is 5.26 Å². The number of hydrogen-bond acceptors (Lipinski definition) is 5. The molecule has 4 rings (SSSR count). The smallest absolute Gasteiger partial charge is 0.163 e. The van der Waals surface area contributed by atoms with Gasteiger partial charge in [0.1, 0.15) is 0 Å². The maximum absolute atomic E-state index is 8.88. The molecule has 0 amide bonds. The Hall–Kier alpha value is -3.33. The summed E-state index contributed by atoms with van der Waals surface area (Å²) in [5.74, 6) is 10.1. The number of hydrogen-bond donors (Lipinski definition) is 0. The van der Waals surface area contributed by atoms with Crippen LogP contribution in [0.5, 0.6) is 0 Å². The van der Waals surface area contributed by atoms with E-state index in [1.165, 1.54) is 0 Å². The SMILES string of the molecule is C#Cc1nccnc1N1CCN2[C@@H](CC[C@@H]2C#Cc2ccc(C#N)cc2)C1. The van der Waals surface area contributed by atoms with Gasteiger partial charge in [0.2, 0.25) is 0 Å². The molecule has 2 aromatic rings. The molecule has 27 heavy (non-hydrogen) atoms. The Bertz CT molecular complexity index is 971. The summed E-state index contributed by atoms with van der Waals surface area (Å²) in [5, 5.41) is 8.88. The predicted molar refractivity (Wildman–Crippen MR) is 104 cm³/mol. The molecule has 0 spiro atoms. The van der Waals surface area contributed by atoms with E-state index in [9.17, 15) is 0 Å². The van der Waals surface area contributed by atoms with Gasteiger partial charge in [0.05, 0.1) is 17.7 Å².